The minimum atomic E-state index is -1.39. The minimum Gasteiger partial charge on any atom is -0.425 e. The number of esters is 1. The fourth-order valence-corrected chi connectivity index (χ4v) is 5.56. The molecule has 3 aromatic rings. The molecule has 1 atom stereocenters. The van der Waals surface area contributed by atoms with Gasteiger partial charge in [-0.1, -0.05) is 98.6 Å². The molecule has 0 bridgehead atoms. The van der Waals surface area contributed by atoms with Crippen molar-refractivity contribution in [1.82, 2.24) is 0 Å². The molecule has 0 aliphatic rings. The molecule has 6 nitrogen and oxygen atoms in total. The van der Waals surface area contributed by atoms with Crippen LogP contribution in [0, 0.1) is 12.3 Å². The van der Waals surface area contributed by atoms with Crippen molar-refractivity contribution >= 4 is 75.4 Å². The molecule has 0 radical (unpaired) electrons. The number of nitrogens with one attached hydrogen (secondary N) is 1. The van der Waals surface area contributed by atoms with Crippen molar-refractivity contribution in [3.05, 3.63) is 93.0 Å². The van der Waals surface area contributed by atoms with Gasteiger partial charge >= 0.3 is 5.97 Å². The van der Waals surface area contributed by atoms with Crippen molar-refractivity contribution in [2.24, 2.45) is 10.4 Å². The number of hydrogen-bond donors (Lipinski definition) is 1. The van der Waals surface area contributed by atoms with Gasteiger partial charge in [0.25, 0.3) is 5.91 Å². The summed E-state index contributed by atoms with van der Waals surface area (Å²) in [6, 6.07) is 15.9. The second-order valence-corrected chi connectivity index (χ2v) is 13.5. The number of amides is 1. The quantitative estimate of drug-likeness (QED) is 0.0568. The van der Waals surface area contributed by atoms with Gasteiger partial charge in [0.2, 0.25) is 6.04 Å². The van der Waals surface area contributed by atoms with E-state index in [1.165, 1.54) is 12.3 Å². The first-order valence-electron chi connectivity index (χ1n) is 13.4. The van der Waals surface area contributed by atoms with E-state index in [1.54, 1.807) is 42.5 Å². The normalized spacial score (nSPS) is 12.7. The molecule has 0 saturated carbocycles. The molecule has 1 N–H and O–H groups in total. The number of rotatable bonds is 10. The fourth-order valence-electron chi connectivity index (χ4n) is 4.80. The number of halogens is 3. The van der Waals surface area contributed by atoms with Gasteiger partial charge in [0.05, 0.1) is 4.43 Å². The SMILES string of the molecule is Cc1c(Cl)cccc1NC(=O)c1ccc(Cl)c(C=NC(C(=O)CI)C(=O)Oc2ccc(C(C)(C)CC(C)(C)C)cc2)c1. The lowest BCUT2D eigenvalue weighted by Gasteiger charge is -2.33. The van der Waals surface area contributed by atoms with E-state index < -0.39 is 17.8 Å². The van der Waals surface area contributed by atoms with Crippen molar-refractivity contribution < 1.29 is 19.1 Å². The molecule has 222 valence electrons. The summed E-state index contributed by atoms with van der Waals surface area (Å²) in [4.78, 5) is 42.9. The van der Waals surface area contributed by atoms with Crippen molar-refractivity contribution in [2.45, 2.75) is 59.4 Å². The Hall–Kier alpha value is -2.75. The molecule has 1 amide bonds. The number of carbonyl (C=O) groups excluding carboxylic acids is 3. The molecule has 0 fully saturated rings. The lowest BCUT2D eigenvalue weighted by Crippen LogP contribution is -2.33. The summed E-state index contributed by atoms with van der Waals surface area (Å²) >= 11 is 14.4. The van der Waals surface area contributed by atoms with Gasteiger partial charge in [-0.2, -0.15) is 0 Å². The molecule has 0 aliphatic heterocycles. The van der Waals surface area contributed by atoms with Crippen molar-refractivity contribution in [1.29, 1.82) is 0 Å². The Kier molecular flexibility index (Phi) is 11.4. The first-order chi connectivity index (χ1) is 19.6. The predicted octanol–water partition coefficient (Wildman–Crippen LogP) is 8.67. The van der Waals surface area contributed by atoms with Gasteiger partial charge in [-0.25, -0.2) is 4.79 Å². The first-order valence-corrected chi connectivity index (χ1v) is 15.7. The Balaban J connectivity index is 1.78. The van der Waals surface area contributed by atoms with Crippen molar-refractivity contribution in [3.63, 3.8) is 0 Å². The van der Waals surface area contributed by atoms with Crippen LogP contribution in [0.15, 0.2) is 65.7 Å². The van der Waals surface area contributed by atoms with Gasteiger partial charge < -0.3 is 10.1 Å². The number of carbonyl (C=O) groups is 3. The van der Waals surface area contributed by atoms with Crippen LogP contribution in [-0.4, -0.2) is 34.3 Å². The number of hydrogen-bond acceptors (Lipinski definition) is 5. The van der Waals surface area contributed by atoms with Crippen molar-refractivity contribution in [2.75, 3.05) is 9.74 Å². The van der Waals surface area contributed by atoms with Gasteiger partial charge in [-0.3, -0.25) is 14.6 Å². The number of benzene rings is 3. The Labute approximate surface area is 271 Å². The van der Waals surface area contributed by atoms with Crippen LogP contribution in [-0.2, 0) is 15.0 Å². The summed E-state index contributed by atoms with van der Waals surface area (Å²) < 4.78 is 5.61. The molecule has 1 unspecified atom stereocenters. The maximum absolute atomic E-state index is 13.1. The van der Waals surface area contributed by atoms with Crippen LogP contribution >= 0.6 is 45.8 Å². The Morgan fingerprint density at radius 1 is 0.976 bits per heavy atom. The molecule has 42 heavy (non-hydrogen) atoms. The van der Waals surface area contributed by atoms with E-state index in [4.69, 9.17) is 27.9 Å². The largest absolute Gasteiger partial charge is 0.425 e. The van der Waals surface area contributed by atoms with Crippen LogP contribution in [0.2, 0.25) is 10.0 Å². The molecule has 0 heterocycles. The molecule has 3 rings (SSSR count). The van der Waals surface area contributed by atoms with E-state index in [1.807, 2.05) is 41.6 Å². The number of nitrogens with zero attached hydrogens (tertiary/aromatic N) is 1. The maximum atomic E-state index is 13.1. The average molecular weight is 721 g/mol. The molecule has 3 aromatic carbocycles. The number of anilines is 1. The van der Waals surface area contributed by atoms with Crippen LogP contribution in [0.3, 0.4) is 0 Å². The summed E-state index contributed by atoms with van der Waals surface area (Å²) in [5.41, 5.74) is 3.22. The van der Waals surface area contributed by atoms with Crippen LogP contribution in [0.1, 0.15) is 68.1 Å². The zero-order chi connectivity index (χ0) is 31.2. The van der Waals surface area contributed by atoms with Gasteiger partial charge in [-0.15, -0.1) is 0 Å². The van der Waals surface area contributed by atoms with Crippen LogP contribution < -0.4 is 10.1 Å². The summed E-state index contributed by atoms with van der Waals surface area (Å²) in [5, 5.41) is 3.68. The second-order valence-electron chi connectivity index (χ2n) is 12.0. The van der Waals surface area contributed by atoms with E-state index in [2.05, 4.69) is 44.9 Å². The average Bonchev–Trinajstić information content (AvgIpc) is 2.91. The molecule has 0 aromatic heterocycles. The monoisotopic (exact) mass is 720 g/mol. The lowest BCUT2D eigenvalue weighted by molar-refractivity contribution is -0.139. The highest BCUT2D eigenvalue weighted by atomic mass is 127. The van der Waals surface area contributed by atoms with E-state index >= 15 is 0 Å². The Morgan fingerprint density at radius 2 is 1.64 bits per heavy atom. The summed E-state index contributed by atoms with van der Waals surface area (Å²) in [5.74, 6) is -1.26. The van der Waals surface area contributed by atoms with Crippen LogP contribution in [0.25, 0.3) is 0 Å². The van der Waals surface area contributed by atoms with Crippen LogP contribution in [0.5, 0.6) is 5.75 Å². The highest BCUT2D eigenvalue weighted by molar-refractivity contribution is 14.1. The predicted molar refractivity (Wildman–Crippen MR) is 180 cm³/mol. The van der Waals surface area contributed by atoms with Gasteiger partial charge in [0.1, 0.15) is 5.75 Å². The molecular weight excluding hydrogens is 686 g/mol. The summed E-state index contributed by atoms with van der Waals surface area (Å²) in [7, 11) is 0. The van der Waals surface area contributed by atoms with Crippen LogP contribution in [0.4, 0.5) is 5.69 Å². The molecule has 9 heteroatoms. The highest BCUT2D eigenvalue weighted by Crippen LogP contribution is 2.36. The van der Waals surface area contributed by atoms with Gasteiger partial charge in [0, 0.05) is 33.1 Å². The smallest absolute Gasteiger partial charge is 0.344 e. The Morgan fingerprint density at radius 3 is 2.26 bits per heavy atom. The van der Waals surface area contributed by atoms with E-state index in [0.717, 1.165) is 17.5 Å². The van der Waals surface area contributed by atoms with Gasteiger partial charge in [-0.05, 0) is 77.8 Å². The standard InChI is InChI=1S/C33H35Cl2IN2O4/c1-20-25(34)8-7-9-27(20)38-30(40)21-10-15-26(35)22(16-21)18-37-29(28(39)17-36)31(41)42-24-13-11-23(12-14-24)33(5,6)19-32(2,3)4/h7-16,18,29H,17,19H2,1-6H3,(H,38,40). The minimum absolute atomic E-state index is 0.0595. The third-order valence-electron chi connectivity index (χ3n) is 6.62. The number of ketones is 1. The van der Waals surface area contributed by atoms with E-state index in [9.17, 15) is 14.4 Å². The maximum Gasteiger partial charge on any atom is 0.344 e. The molecule has 0 spiro atoms. The summed E-state index contributed by atoms with van der Waals surface area (Å²) in [6.07, 6.45) is 2.30. The number of alkyl halides is 1. The first kappa shape index (κ1) is 33.7. The van der Waals surface area contributed by atoms with Gasteiger partial charge in [0.15, 0.2) is 5.78 Å². The lowest BCUT2D eigenvalue weighted by atomic mass is 9.72. The highest BCUT2D eigenvalue weighted by Gasteiger charge is 2.29. The number of aliphatic imine (C=N–C) groups is 1. The molecule has 0 saturated heterocycles. The molecule has 0 aliphatic carbocycles. The summed E-state index contributed by atoms with van der Waals surface area (Å²) in [6.45, 7) is 12.8. The number of Topliss-reactive ketones (excluding diaryl/α,β-unsaturated/α-hetero) is 1. The molecular formula is C33H35Cl2IN2O4. The fraction of sp³-hybridized carbons (Fsp3) is 0.333. The third kappa shape index (κ3) is 9.12. The third-order valence-corrected chi connectivity index (χ3v) is 8.13. The Bertz CT molecular complexity index is 1490. The second kappa shape index (κ2) is 14.1. The topological polar surface area (TPSA) is 84.8 Å². The van der Waals surface area contributed by atoms with Crippen molar-refractivity contribution in [3.8, 4) is 5.75 Å². The zero-order valence-corrected chi connectivity index (χ0v) is 28.2. The zero-order valence-electron chi connectivity index (χ0n) is 24.6. The van der Waals surface area contributed by atoms with E-state index in [-0.39, 0.29) is 21.2 Å². The number of ether oxygens (including phenoxy) is 1. The van der Waals surface area contributed by atoms with E-state index in [0.29, 0.717) is 32.6 Å².